The van der Waals surface area contributed by atoms with Crippen molar-refractivity contribution >= 4 is 50.0 Å². The number of aryl methyl sites for hydroxylation is 3. The van der Waals surface area contributed by atoms with Crippen molar-refractivity contribution in [2.75, 3.05) is 12.9 Å². The number of carbonyl (C=O) groups is 1. The van der Waals surface area contributed by atoms with E-state index >= 15 is 0 Å². The van der Waals surface area contributed by atoms with Crippen LogP contribution in [-0.2, 0) is 27.8 Å². The number of amides is 1. The van der Waals surface area contributed by atoms with Crippen LogP contribution in [0.1, 0.15) is 23.1 Å². The Morgan fingerprint density at radius 3 is 2.45 bits per heavy atom. The summed E-state index contributed by atoms with van der Waals surface area (Å²) in [5, 5.41) is 2.26. The molecule has 2 aromatic carbocycles. The van der Waals surface area contributed by atoms with E-state index in [1.54, 1.807) is 16.7 Å². The van der Waals surface area contributed by atoms with E-state index < -0.39 is 15.9 Å². The van der Waals surface area contributed by atoms with E-state index in [0.29, 0.717) is 11.6 Å². The van der Waals surface area contributed by atoms with Gasteiger partial charge in [-0.05, 0) is 67.6 Å². The first kappa shape index (κ1) is 23.4. The normalized spacial score (nSPS) is 11.6. The fraction of sp³-hybridized carbons (Fsp3) is 0.318. The SMILES string of the molecule is Cc1cc(OCCCc2cn(CC(=O)NS(C)(=O)=O)c3cc(Cl)ccc23)cc(C)c1Cl. The van der Waals surface area contributed by atoms with Crippen molar-refractivity contribution in [1.82, 2.24) is 9.29 Å². The number of hydrogen-bond donors (Lipinski definition) is 1. The molecule has 0 saturated carbocycles. The monoisotopic (exact) mass is 482 g/mol. The molecule has 1 N–H and O–H groups in total. The summed E-state index contributed by atoms with van der Waals surface area (Å²) in [4.78, 5) is 12.1. The molecule has 6 nitrogen and oxygen atoms in total. The Balaban J connectivity index is 1.71. The third-order valence-corrected chi connectivity index (χ3v) is 6.24. The van der Waals surface area contributed by atoms with Gasteiger partial charge in [0.15, 0.2) is 0 Å². The minimum absolute atomic E-state index is 0.121. The molecule has 0 fully saturated rings. The Morgan fingerprint density at radius 2 is 1.81 bits per heavy atom. The number of nitrogens with one attached hydrogen (secondary N) is 1. The Morgan fingerprint density at radius 1 is 1.13 bits per heavy atom. The zero-order valence-electron chi connectivity index (χ0n) is 17.5. The Kier molecular flexibility index (Phi) is 7.19. The van der Waals surface area contributed by atoms with Gasteiger partial charge in [0.1, 0.15) is 12.3 Å². The second-order valence-corrected chi connectivity index (χ2v) is 10.1. The van der Waals surface area contributed by atoms with E-state index in [2.05, 4.69) is 0 Å². The van der Waals surface area contributed by atoms with Crippen LogP contribution >= 0.6 is 23.2 Å². The van der Waals surface area contributed by atoms with E-state index in [4.69, 9.17) is 27.9 Å². The Labute approximate surface area is 192 Å². The number of carbonyl (C=O) groups excluding carboxylic acids is 1. The van der Waals surface area contributed by atoms with Crippen molar-refractivity contribution in [3.05, 3.63) is 63.3 Å². The van der Waals surface area contributed by atoms with E-state index in [1.807, 2.05) is 43.0 Å². The molecule has 9 heteroatoms. The predicted octanol–water partition coefficient (Wildman–Crippen LogP) is 4.65. The lowest BCUT2D eigenvalue weighted by Gasteiger charge is -2.10. The number of hydrogen-bond acceptors (Lipinski definition) is 4. The van der Waals surface area contributed by atoms with Gasteiger partial charge in [-0.1, -0.05) is 29.3 Å². The average Bonchev–Trinajstić information content (AvgIpc) is 2.98. The van der Waals surface area contributed by atoms with E-state index in [0.717, 1.165) is 57.5 Å². The molecule has 0 atom stereocenters. The second kappa shape index (κ2) is 9.51. The summed E-state index contributed by atoms with van der Waals surface area (Å²) < 4.78 is 32.2. The van der Waals surface area contributed by atoms with Crippen LogP contribution in [0, 0.1) is 13.8 Å². The van der Waals surface area contributed by atoms with Crippen molar-refractivity contribution < 1.29 is 17.9 Å². The third-order valence-electron chi connectivity index (χ3n) is 4.81. The minimum atomic E-state index is -3.61. The summed E-state index contributed by atoms with van der Waals surface area (Å²) in [7, 11) is -3.61. The van der Waals surface area contributed by atoms with Gasteiger partial charge in [0.25, 0.3) is 5.91 Å². The lowest BCUT2D eigenvalue weighted by Crippen LogP contribution is -2.32. The van der Waals surface area contributed by atoms with Gasteiger partial charge in [-0.25, -0.2) is 8.42 Å². The van der Waals surface area contributed by atoms with Gasteiger partial charge in [-0.15, -0.1) is 0 Å². The summed E-state index contributed by atoms with van der Waals surface area (Å²) in [6.07, 6.45) is 4.30. The number of ether oxygens (including phenoxy) is 1. The molecule has 0 aliphatic heterocycles. The summed E-state index contributed by atoms with van der Waals surface area (Å²) in [5.74, 6) is 0.175. The fourth-order valence-corrected chi connectivity index (χ4v) is 4.26. The quantitative estimate of drug-likeness (QED) is 0.473. The first-order valence-electron chi connectivity index (χ1n) is 9.71. The van der Waals surface area contributed by atoms with Gasteiger partial charge >= 0.3 is 0 Å². The minimum Gasteiger partial charge on any atom is -0.494 e. The van der Waals surface area contributed by atoms with Crippen molar-refractivity contribution in [2.45, 2.75) is 33.2 Å². The largest absolute Gasteiger partial charge is 0.494 e. The smallest absolute Gasteiger partial charge is 0.253 e. The molecule has 0 aliphatic carbocycles. The zero-order chi connectivity index (χ0) is 22.8. The highest BCUT2D eigenvalue weighted by molar-refractivity contribution is 7.89. The number of halogens is 2. The molecule has 3 rings (SSSR count). The fourth-order valence-electron chi connectivity index (χ4n) is 3.51. The van der Waals surface area contributed by atoms with E-state index in [1.165, 1.54) is 0 Å². The molecular formula is C22H24Cl2N2O4S. The number of nitrogens with zero attached hydrogens (tertiary/aromatic N) is 1. The molecule has 31 heavy (non-hydrogen) atoms. The summed E-state index contributed by atoms with van der Waals surface area (Å²) in [6, 6.07) is 9.31. The molecule has 3 aromatic rings. The molecule has 0 spiro atoms. The molecule has 0 aliphatic rings. The number of aromatic nitrogens is 1. The highest BCUT2D eigenvalue weighted by atomic mass is 35.5. The molecule has 0 radical (unpaired) electrons. The maximum absolute atomic E-state index is 12.1. The van der Waals surface area contributed by atoms with Gasteiger partial charge < -0.3 is 9.30 Å². The van der Waals surface area contributed by atoms with Crippen LogP contribution in [0.15, 0.2) is 36.5 Å². The number of sulfonamides is 1. The lowest BCUT2D eigenvalue weighted by molar-refractivity contribution is -0.119. The van der Waals surface area contributed by atoms with Crippen LogP contribution in [-0.4, -0.2) is 31.8 Å². The van der Waals surface area contributed by atoms with Crippen molar-refractivity contribution in [2.24, 2.45) is 0 Å². The van der Waals surface area contributed by atoms with Crippen LogP contribution < -0.4 is 9.46 Å². The van der Waals surface area contributed by atoms with Gasteiger partial charge in [-0.3, -0.25) is 9.52 Å². The molecule has 1 amide bonds. The van der Waals surface area contributed by atoms with Crippen LogP contribution in [0.4, 0.5) is 0 Å². The molecule has 0 bridgehead atoms. The van der Waals surface area contributed by atoms with Crippen molar-refractivity contribution in [1.29, 1.82) is 0 Å². The number of benzene rings is 2. The van der Waals surface area contributed by atoms with Crippen LogP contribution in [0.25, 0.3) is 10.9 Å². The predicted molar refractivity (Wildman–Crippen MR) is 125 cm³/mol. The Bertz CT molecular complexity index is 1210. The zero-order valence-corrected chi connectivity index (χ0v) is 19.9. The lowest BCUT2D eigenvalue weighted by atomic mass is 10.1. The van der Waals surface area contributed by atoms with Crippen LogP contribution in [0.2, 0.25) is 10.0 Å². The van der Waals surface area contributed by atoms with E-state index in [9.17, 15) is 13.2 Å². The number of rotatable bonds is 8. The third kappa shape index (κ3) is 6.15. The summed E-state index contributed by atoms with van der Waals surface area (Å²) in [5.41, 5.74) is 3.76. The average molecular weight is 483 g/mol. The van der Waals surface area contributed by atoms with Gasteiger partial charge in [-0.2, -0.15) is 0 Å². The first-order valence-corrected chi connectivity index (χ1v) is 12.4. The van der Waals surface area contributed by atoms with Gasteiger partial charge in [0, 0.05) is 21.6 Å². The first-order chi connectivity index (χ1) is 14.5. The van der Waals surface area contributed by atoms with Crippen LogP contribution in [0.5, 0.6) is 5.75 Å². The molecule has 166 valence electrons. The standard InChI is InChI=1S/C22H24Cl2N2O4S/c1-14-9-18(10-15(2)22(14)24)30-8-4-5-16-12-26(13-21(27)25-31(3,28)29)20-11-17(23)6-7-19(16)20/h6-7,9-12H,4-5,8,13H2,1-3H3,(H,25,27). The topological polar surface area (TPSA) is 77.4 Å². The van der Waals surface area contributed by atoms with Crippen molar-refractivity contribution in [3.63, 3.8) is 0 Å². The highest BCUT2D eigenvalue weighted by Crippen LogP contribution is 2.27. The maximum Gasteiger partial charge on any atom is 0.253 e. The highest BCUT2D eigenvalue weighted by Gasteiger charge is 2.14. The van der Waals surface area contributed by atoms with Crippen LogP contribution in [0.3, 0.4) is 0 Å². The second-order valence-electron chi connectivity index (χ2n) is 7.56. The molecule has 1 heterocycles. The number of fused-ring (bicyclic) bond motifs is 1. The maximum atomic E-state index is 12.1. The molecule has 0 unspecified atom stereocenters. The Hall–Kier alpha value is -2.22. The summed E-state index contributed by atoms with van der Waals surface area (Å²) >= 11 is 12.3. The molecule has 0 saturated heterocycles. The van der Waals surface area contributed by atoms with E-state index in [-0.39, 0.29) is 6.54 Å². The van der Waals surface area contributed by atoms with Crippen molar-refractivity contribution in [3.8, 4) is 5.75 Å². The van der Waals surface area contributed by atoms with Gasteiger partial charge in [0.2, 0.25) is 10.0 Å². The van der Waals surface area contributed by atoms with Gasteiger partial charge in [0.05, 0.1) is 18.4 Å². The molecule has 1 aromatic heterocycles. The summed E-state index contributed by atoms with van der Waals surface area (Å²) in [6.45, 7) is 4.29. The molecular weight excluding hydrogens is 459 g/mol.